The summed E-state index contributed by atoms with van der Waals surface area (Å²) < 4.78 is 7.67. The highest BCUT2D eigenvalue weighted by Gasteiger charge is 2.15. The van der Waals surface area contributed by atoms with Crippen LogP contribution in [-0.2, 0) is 11.3 Å². The number of fused-ring (bicyclic) bond motifs is 1. The predicted octanol–water partition coefficient (Wildman–Crippen LogP) is 6.33. The third-order valence-electron chi connectivity index (χ3n) is 5.82. The minimum absolute atomic E-state index is 0.00681. The molecule has 0 aliphatic heterocycles. The first-order valence-electron chi connectivity index (χ1n) is 11.2. The van der Waals surface area contributed by atoms with E-state index < -0.39 is 0 Å². The average Bonchev–Trinajstić information content (AvgIpc) is 3.20. The number of carbonyl (C=O) groups excluding carboxylic acids is 1. The Hall–Kier alpha value is -3.86. The molecule has 2 aromatic heterocycles. The number of nitrogens with one attached hydrogen (secondary N) is 1. The summed E-state index contributed by atoms with van der Waals surface area (Å²) in [5.41, 5.74) is 6.30. The van der Waals surface area contributed by atoms with Crippen LogP contribution in [0.2, 0.25) is 0 Å². The first-order chi connectivity index (χ1) is 16.1. The van der Waals surface area contributed by atoms with E-state index in [-0.39, 0.29) is 5.91 Å². The largest absolute Gasteiger partial charge is 0.497 e. The molecule has 5 heteroatoms. The van der Waals surface area contributed by atoms with E-state index in [2.05, 4.69) is 46.1 Å². The van der Waals surface area contributed by atoms with Gasteiger partial charge < -0.3 is 14.6 Å². The molecule has 0 bridgehead atoms. The third kappa shape index (κ3) is 5.14. The number of aromatic nitrogens is 2. The number of pyridine rings is 1. The molecule has 0 aliphatic carbocycles. The zero-order valence-electron chi connectivity index (χ0n) is 19.3. The van der Waals surface area contributed by atoms with Crippen LogP contribution in [0.5, 0.6) is 5.75 Å². The normalized spacial score (nSPS) is 11.5. The average molecular weight is 440 g/mol. The molecular weight excluding hydrogens is 410 g/mol. The lowest BCUT2D eigenvalue weighted by molar-refractivity contribution is -0.116. The topological polar surface area (TPSA) is 56.2 Å². The monoisotopic (exact) mass is 439 g/mol. The molecule has 0 radical (unpaired) electrons. The van der Waals surface area contributed by atoms with Crippen LogP contribution in [0.1, 0.15) is 36.7 Å². The van der Waals surface area contributed by atoms with Crippen molar-refractivity contribution in [1.82, 2.24) is 9.55 Å². The summed E-state index contributed by atoms with van der Waals surface area (Å²) in [5, 5.41) is 4.08. The van der Waals surface area contributed by atoms with E-state index >= 15 is 0 Å². The highest BCUT2D eigenvalue weighted by molar-refractivity contribution is 5.92. The summed E-state index contributed by atoms with van der Waals surface area (Å²) in [6.07, 6.45) is 5.25. The van der Waals surface area contributed by atoms with Crippen molar-refractivity contribution < 1.29 is 9.53 Å². The van der Waals surface area contributed by atoms with Gasteiger partial charge in [0, 0.05) is 47.1 Å². The van der Waals surface area contributed by atoms with Gasteiger partial charge in [0.25, 0.3) is 0 Å². The first-order valence-corrected chi connectivity index (χ1v) is 11.2. The van der Waals surface area contributed by atoms with Gasteiger partial charge in [-0.15, -0.1) is 0 Å². The predicted molar refractivity (Wildman–Crippen MR) is 135 cm³/mol. The van der Waals surface area contributed by atoms with Gasteiger partial charge in [-0.25, -0.2) is 0 Å². The van der Waals surface area contributed by atoms with Crippen molar-refractivity contribution in [2.45, 2.75) is 33.2 Å². The molecule has 4 aromatic rings. The van der Waals surface area contributed by atoms with E-state index in [0.717, 1.165) is 45.7 Å². The van der Waals surface area contributed by atoms with Crippen LogP contribution in [0, 0.1) is 6.92 Å². The summed E-state index contributed by atoms with van der Waals surface area (Å²) >= 11 is 0. The van der Waals surface area contributed by atoms with Gasteiger partial charge in [-0.05, 0) is 73.0 Å². The van der Waals surface area contributed by atoms with Crippen molar-refractivity contribution in [2.75, 3.05) is 12.4 Å². The maximum absolute atomic E-state index is 12.7. The Kier molecular flexibility index (Phi) is 6.89. The Morgan fingerprint density at radius 2 is 1.91 bits per heavy atom. The number of para-hydroxylation sites is 1. The van der Waals surface area contributed by atoms with Crippen LogP contribution in [0.15, 0.2) is 72.9 Å². The van der Waals surface area contributed by atoms with Crippen molar-refractivity contribution in [1.29, 1.82) is 0 Å². The van der Waals surface area contributed by atoms with Gasteiger partial charge in [-0.1, -0.05) is 31.2 Å². The number of amides is 1. The lowest BCUT2D eigenvalue weighted by atomic mass is 10.0. The molecule has 2 heterocycles. The second kappa shape index (κ2) is 10.2. The number of hydrogen-bond donors (Lipinski definition) is 1. The van der Waals surface area contributed by atoms with Crippen LogP contribution in [-0.4, -0.2) is 22.6 Å². The zero-order chi connectivity index (χ0) is 23.2. The van der Waals surface area contributed by atoms with Crippen molar-refractivity contribution in [3.05, 3.63) is 89.9 Å². The Morgan fingerprint density at radius 3 is 2.64 bits per heavy atom. The quantitative estimate of drug-likeness (QED) is 0.349. The van der Waals surface area contributed by atoms with Gasteiger partial charge in [0.15, 0.2) is 0 Å². The minimum Gasteiger partial charge on any atom is -0.497 e. The molecule has 168 valence electrons. The Morgan fingerprint density at radius 1 is 1.09 bits per heavy atom. The second-order valence-corrected chi connectivity index (χ2v) is 7.97. The zero-order valence-corrected chi connectivity index (χ0v) is 19.3. The van der Waals surface area contributed by atoms with E-state index in [1.54, 1.807) is 7.11 Å². The van der Waals surface area contributed by atoms with Gasteiger partial charge in [-0.2, -0.15) is 0 Å². The van der Waals surface area contributed by atoms with Crippen molar-refractivity contribution in [2.24, 2.45) is 0 Å². The number of benzene rings is 2. The molecule has 0 unspecified atom stereocenters. The van der Waals surface area contributed by atoms with Crippen molar-refractivity contribution >= 4 is 34.1 Å². The molecule has 0 saturated carbocycles. The van der Waals surface area contributed by atoms with Gasteiger partial charge in [0.05, 0.1) is 7.11 Å². The first kappa shape index (κ1) is 22.3. The number of carbonyl (C=O) groups is 1. The number of rotatable bonds is 8. The summed E-state index contributed by atoms with van der Waals surface area (Å²) in [4.78, 5) is 17.1. The van der Waals surface area contributed by atoms with Gasteiger partial charge >= 0.3 is 0 Å². The third-order valence-corrected chi connectivity index (χ3v) is 5.82. The number of ether oxygens (including phenoxy) is 1. The number of hydrogen-bond acceptors (Lipinski definition) is 3. The molecule has 33 heavy (non-hydrogen) atoms. The molecule has 0 aliphatic rings. The maximum Gasteiger partial charge on any atom is 0.226 e. The summed E-state index contributed by atoms with van der Waals surface area (Å²) in [6.45, 7) is 4.75. The lowest BCUT2D eigenvalue weighted by Gasteiger charge is -2.14. The molecule has 0 atom stereocenters. The van der Waals surface area contributed by atoms with Gasteiger partial charge in [-0.3, -0.25) is 9.78 Å². The van der Waals surface area contributed by atoms with Crippen LogP contribution >= 0.6 is 0 Å². The summed E-state index contributed by atoms with van der Waals surface area (Å²) in [6, 6.07) is 21.9. The van der Waals surface area contributed by atoms with Gasteiger partial charge in [0.1, 0.15) is 5.75 Å². The molecule has 4 rings (SSSR count). The number of methoxy groups -OCH3 is 1. The van der Waals surface area contributed by atoms with E-state index in [1.165, 1.54) is 5.57 Å². The van der Waals surface area contributed by atoms with Crippen LogP contribution in [0.25, 0.3) is 22.6 Å². The highest BCUT2D eigenvalue weighted by atomic mass is 16.5. The highest BCUT2D eigenvalue weighted by Crippen LogP contribution is 2.31. The SMILES string of the molecule is CC/C(=C\c1cccnc1C)c1cc2cc(OC)ccc2n1CCC(=O)Nc1ccccc1. The Bertz CT molecular complexity index is 1290. The molecular formula is C28H29N3O2. The lowest BCUT2D eigenvalue weighted by Crippen LogP contribution is -2.15. The van der Waals surface area contributed by atoms with Crippen molar-refractivity contribution in [3.8, 4) is 5.75 Å². The number of nitrogens with zero attached hydrogens (tertiary/aromatic N) is 2. The van der Waals surface area contributed by atoms with E-state index in [9.17, 15) is 4.79 Å². The second-order valence-electron chi connectivity index (χ2n) is 7.97. The standard InChI is InChI=1S/C28H29N3O2/c1-4-21(17-22-9-8-15-29-20(22)2)27-19-23-18-25(33-3)12-13-26(23)31(27)16-14-28(32)30-24-10-6-5-7-11-24/h5-13,15,17-19H,4,14,16H2,1-3H3,(H,30,32)/b21-17+. The fourth-order valence-electron chi connectivity index (χ4n) is 4.04. The Labute approximate surface area is 194 Å². The van der Waals surface area contributed by atoms with E-state index in [1.807, 2.05) is 61.7 Å². The number of aryl methyl sites for hydroxylation is 2. The van der Waals surface area contributed by atoms with Crippen LogP contribution in [0.4, 0.5) is 5.69 Å². The number of anilines is 1. The molecule has 0 fully saturated rings. The fraction of sp³-hybridized carbons (Fsp3) is 0.214. The van der Waals surface area contributed by atoms with E-state index in [0.29, 0.717) is 13.0 Å². The molecule has 5 nitrogen and oxygen atoms in total. The van der Waals surface area contributed by atoms with Crippen LogP contribution in [0.3, 0.4) is 0 Å². The van der Waals surface area contributed by atoms with Crippen molar-refractivity contribution in [3.63, 3.8) is 0 Å². The molecule has 0 saturated heterocycles. The molecule has 1 N–H and O–H groups in total. The fourth-order valence-corrected chi connectivity index (χ4v) is 4.04. The maximum atomic E-state index is 12.7. The minimum atomic E-state index is -0.00681. The molecule has 2 aromatic carbocycles. The Balaban J connectivity index is 1.70. The summed E-state index contributed by atoms with van der Waals surface area (Å²) in [7, 11) is 1.68. The van der Waals surface area contributed by atoms with Gasteiger partial charge in [0.2, 0.25) is 5.91 Å². The smallest absolute Gasteiger partial charge is 0.226 e. The summed E-state index contributed by atoms with van der Waals surface area (Å²) in [5.74, 6) is 0.811. The molecule has 0 spiro atoms. The van der Waals surface area contributed by atoms with E-state index in [4.69, 9.17) is 4.74 Å². The number of allylic oxidation sites excluding steroid dienone is 1. The molecule has 1 amide bonds. The van der Waals surface area contributed by atoms with Crippen LogP contribution < -0.4 is 10.1 Å².